The van der Waals surface area contributed by atoms with Gasteiger partial charge in [-0.15, -0.1) is 0 Å². The zero-order valence-electron chi connectivity index (χ0n) is 15.7. The first-order valence-electron chi connectivity index (χ1n) is 9.68. The molecule has 28 heavy (non-hydrogen) atoms. The van der Waals surface area contributed by atoms with E-state index in [2.05, 4.69) is 19.8 Å². The largest absolute Gasteiger partial charge is 0.369 e. The number of nitrogens with zero attached hydrogens (tertiary/aromatic N) is 4. The summed E-state index contributed by atoms with van der Waals surface area (Å²) >= 11 is 0. The van der Waals surface area contributed by atoms with Gasteiger partial charge in [0.15, 0.2) is 0 Å². The second-order valence-corrected chi connectivity index (χ2v) is 7.34. The number of aromatic amines is 1. The molecular weight excluding hydrogens is 361 g/mol. The molecule has 2 saturated heterocycles. The fourth-order valence-corrected chi connectivity index (χ4v) is 4.10. The van der Waals surface area contributed by atoms with Crippen LogP contribution in [0.25, 0.3) is 0 Å². The number of benzene rings is 1. The molecule has 0 radical (unpaired) electrons. The minimum Gasteiger partial charge on any atom is -0.369 e. The summed E-state index contributed by atoms with van der Waals surface area (Å²) in [6, 6.07) is 6.91. The first-order chi connectivity index (χ1) is 13.6. The molecule has 1 unspecified atom stereocenters. The molecule has 0 saturated carbocycles. The molecule has 1 atom stereocenters. The number of rotatable bonds is 3. The van der Waals surface area contributed by atoms with Gasteiger partial charge in [-0.05, 0) is 37.1 Å². The van der Waals surface area contributed by atoms with Gasteiger partial charge >= 0.3 is 0 Å². The number of H-pyrrole nitrogens is 1. The predicted octanol–water partition coefficient (Wildman–Crippen LogP) is 1.34. The van der Waals surface area contributed by atoms with Gasteiger partial charge in [-0.1, -0.05) is 0 Å². The quantitative estimate of drug-likeness (QED) is 0.863. The van der Waals surface area contributed by atoms with Crippen molar-refractivity contribution in [3.63, 3.8) is 0 Å². The van der Waals surface area contributed by atoms with Gasteiger partial charge in [0.05, 0.1) is 6.33 Å². The van der Waals surface area contributed by atoms with E-state index in [1.54, 1.807) is 4.90 Å². The van der Waals surface area contributed by atoms with Crippen LogP contribution in [-0.2, 0) is 0 Å². The number of likely N-dealkylation sites (tertiary alicyclic amines) is 1. The summed E-state index contributed by atoms with van der Waals surface area (Å²) in [5.74, 6) is -0.467. The molecule has 7 nitrogen and oxygen atoms in total. The molecule has 1 amide bonds. The summed E-state index contributed by atoms with van der Waals surface area (Å²) in [4.78, 5) is 37.4. The molecule has 2 aliphatic heterocycles. The smallest absolute Gasteiger partial charge is 0.263 e. The first kappa shape index (κ1) is 18.6. The third kappa shape index (κ3) is 3.91. The molecular formula is C20H24FN5O2. The normalized spacial score (nSPS) is 21.0. The monoisotopic (exact) mass is 385 g/mol. The first-order valence-corrected chi connectivity index (χ1v) is 9.68. The van der Waals surface area contributed by atoms with Gasteiger partial charge in [0.25, 0.3) is 11.5 Å². The number of amides is 1. The van der Waals surface area contributed by atoms with E-state index < -0.39 is 5.56 Å². The van der Waals surface area contributed by atoms with Gasteiger partial charge in [-0.3, -0.25) is 14.5 Å². The van der Waals surface area contributed by atoms with E-state index in [0.29, 0.717) is 19.1 Å². The minimum atomic E-state index is -0.393. The number of hydrogen-bond donors (Lipinski definition) is 1. The summed E-state index contributed by atoms with van der Waals surface area (Å²) in [5, 5.41) is 0. The maximum Gasteiger partial charge on any atom is 0.263 e. The van der Waals surface area contributed by atoms with Gasteiger partial charge in [-0.2, -0.15) is 0 Å². The van der Waals surface area contributed by atoms with Gasteiger partial charge in [-0.25, -0.2) is 9.37 Å². The van der Waals surface area contributed by atoms with Crippen LogP contribution in [0.15, 0.2) is 41.6 Å². The molecule has 1 N–H and O–H groups in total. The zero-order valence-corrected chi connectivity index (χ0v) is 15.7. The number of halogens is 1. The Hall–Kier alpha value is -2.74. The second kappa shape index (κ2) is 8.10. The number of piperazine rings is 1. The molecule has 1 aromatic carbocycles. The van der Waals surface area contributed by atoms with Crippen molar-refractivity contribution < 1.29 is 9.18 Å². The van der Waals surface area contributed by atoms with Crippen LogP contribution in [-0.4, -0.2) is 71.0 Å². The van der Waals surface area contributed by atoms with Crippen LogP contribution in [0.2, 0.25) is 0 Å². The van der Waals surface area contributed by atoms with Crippen molar-refractivity contribution in [2.24, 2.45) is 0 Å². The Morgan fingerprint density at radius 3 is 2.57 bits per heavy atom. The molecule has 4 rings (SSSR count). The summed E-state index contributed by atoms with van der Waals surface area (Å²) in [6.07, 6.45) is 4.60. The Morgan fingerprint density at radius 2 is 1.86 bits per heavy atom. The van der Waals surface area contributed by atoms with Gasteiger partial charge in [0.1, 0.15) is 11.4 Å². The highest BCUT2D eigenvalue weighted by atomic mass is 19.1. The molecule has 2 fully saturated rings. The highest BCUT2D eigenvalue weighted by Gasteiger charge is 2.31. The van der Waals surface area contributed by atoms with Crippen molar-refractivity contribution in [3.8, 4) is 0 Å². The fourth-order valence-electron chi connectivity index (χ4n) is 4.10. The Morgan fingerprint density at radius 1 is 1.11 bits per heavy atom. The van der Waals surface area contributed by atoms with Crippen LogP contribution in [0.5, 0.6) is 0 Å². The lowest BCUT2D eigenvalue weighted by atomic mass is 10.0. The van der Waals surface area contributed by atoms with E-state index in [1.165, 1.54) is 24.7 Å². The van der Waals surface area contributed by atoms with Crippen LogP contribution in [0.4, 0.5) is 10.1 Å². The number of hydrogen-bond acceptors (Lipinski definition) is 5. The van der Waals surface area contributed by atoms with Crippen molar-refractivity contribution in [2.75, 3.05) is 44.2 Å². The second-order valence-electron chi connectivity index (χ2n) is 7.34. The molecule has 148 valence electrons. The van der Waals surface area contributed by atoms with E-state index in [4.69, 9.17) is 0 Å². The molecule has 2 aliphatic rings. The third-order valence-corrected chi connectivity index (χ3v) is 5.66. The van der Waals surface area contributed by atoms with E-state index in [-0.39, 0.29) is 17.3 Å². The fraction of sp³-hybridized carbons (Fsp3) is 0.450. The lowest BCUT2D eigenvalue weighted by Crippen LogP contribution is -2.56. The van der Waals surface area contributed by atoms with Gasteiger partial charge < -0.3 is 14.8 Å². The molecule has 3 heterocycles. The summed E-state index contributed by atoms with van der Waals surface area (Å²) in [6.45, 7) is 4.84. The Labute approximate surface area is 162 Å². The number of anilines is 1. The maximum absolute atomic E-state index is 13.1. The molecule has 0 aliphatic carbocycles. The Balaban J connectivity index is 1.36. The van der Waals surface area contributed by atoms with Crippen LogP contribution in [0.1, 0.15) is 23.2 Å². The Kier molecular flexibility index (Phi) is 5.38. The summed E-state index contributed by atoms with van der Waals surface area (Å²) in [7, 11) is 0. The van der Waals surface area contributed by atoms with Gasteiger partial charge in [0, 0.05) is 57.2 Å². The highest BCUT2D eigenvalue weighted by Crippen LogP contribution is 2.22. The number of aromatic nitrogens is 2. The highest BCUT2D eigenvalue weighted by molar-refractivity contribution is 5.93. The Bertz CT molecular complexity index is 877. The number of carbonyl (C=O) groups is 1. The topological polar surface area (TPSA) is 72.5 Å². The van der Waals surface area contributed by atoms with E-state index in [9.17, 15) is 14.0 Å². The van der Waals surface area contributed by atoms with Crippen molar-refractivity contribution in [3.05, 3.63) is 58.5 Å². The van der Waals surface area contributed by atoms with E-state index in [0.717, 1.165) is 44.7 Å². The molecule has 8 heteroatoms. The maximum atomic E-state index is 13.1. The molecule has 1 aromatic heterocycles. The number of piperidine rings is 1. The average Bonchev–Trinajstić information content (AvgIpc) is 2.74. The zero-order chi connectivity index (χ0) is 19.5. The van der Waals surface area contributed by atoms with Crippen LogP contribution in [0, 0.1) is 5.82 Å². The lowest BCUT2D eigenvalue weighted by Gasteiger charge is -2.43. The van der Waals surface area contributed by atoms with Crippen molar-refractivity contribution in [1.29, 1.82) is 0 Å². The van der Waals surface area contributed by atoms with Crippen molar-refractivity contribution in [1.82, 2.24) is 19.8 Å². The third-order valence-electron chi connectivity index (χ3n) is 5.66. The molecule has 0 spiro atoms. The molecule has 2 aromatic rings. The summed E-state index contributed by atoms with van der Waals surface area (Å²) < 4.78 is 13.1. The lowest BCUT2D eigenvalue weighted by molar-refractivity contribution is 0.0561. The van der Waals surface area contributed by atoms with Crippen LogP contribution in [0.3, 0.4) is 0 Å². The minimum absolute atomic E-state index is 0.101. The average molecular weight is 385 g/mol. The molecule has 0 bridgehead atoms. The summed E-state index contributed by atoms with van der Waals surface area (Å²) in [5.41, 5.74) is 0.747. The van der Waals surface area contributed by atoms with Crippen LogP contribution >= 0.6 is 0 Å². The van der Waals surface area contributed by atoms with Crippen LogP contribution < -0.4 is 10.5 Å². The van der Waals surface area contributed by atoms with E-state index >= 15 is 0 Å². The van der Waals surface area contributed by atoms with Gasteiger partial charge in [0.2, 0.25) is 0 Å². The van der Waals surface area contributed by atoms with E-state index in [1.807, 2.05) is 12.1 Å². The SMILES string of the molecule is O=C(c1cnc[nH]c1=O)N1CCCC(N2CCN(c3ccc(F)cc3)CC2)C1. The van der Waals surface area contributed by atoms with Crippen molar-refractivity contribution in [2.45, 2.75) is 18.9 Å². The number of nitrogens with one attached hydrogen (secondary N) is 1. The number of carbonyl (C=O) groups excluding carboxylic acids is 1. The predicted molar refractivity (Wildman–Crippen MR) is 104 cm³/mol. The standard InChI is InChI=1S/C20H24FN5O2/c21-15-3-5-16(6-4-15)24-8-10-25(11-9-24)17-2-1-7-26(13-17)20(28)18-12-22-14-23-19(18)27/h3-6,12,14,17H,1-2,7-11,13H2,(H,22,23,27). The van der Waals surface area contributed by atoms with Crippen molar-refractivity contribution >= 4 is 11.6 Å².